The van der Waals surface area contributed by atoms with Gasteiger partial charge in [-0.2, -0.15) is 0 Å². The number of amides is 1. The molecule has 1 amide bonds. The van der Waals surface area contributed by atoms with Crippen LogP contribution in [0.1, 0.15) is 6.42 Å². The van der Waals surface area contributed by atoms with Crippen molar-refractivity contribution in [2.24, 2.45) is 0 Å². The highest BCUT2D eigenvalue weighted by atomic mass is 35.5. The Balaban J connectivity index is 1.50. The number of ether oxygens (including phenoxy) is 1. The highest BCUT2D eigenvalue weighted by molar-refractivity contribution is 7.99. The number of carbonyl (C=O) groups is 1. The molecule has 6 nitrogen and oxygen atoms in total. The Kier molecular flexibility index (Phi) is 4.84. The number of benzene rings is 1. The number of halogens is 1. The molecule has 8 heteroatoms. The van der Waals surface area contributed by atoms with Gasteiger partial charge in [-0.1, -0.05) is 35.5 Å². The zero-order valence-corrected chi connectivity index (χ0v) is 13.3. The van der Waals surface area contributed by atoms with Crippen LogP contribution in [0, 0.1) is 0 Å². The molecule has 1 aliphatic heterocycles. The molecule has 0 aliphatic carbocycles. The molecular weight excluding hydrogens is 326 g/mol. The fraction of sp³-hybridized carbons (Fsp3) is 0.357. The van der Waals surface area contributed by atoms with Gasteiger partial charge in [0.05, 0.1) is 17.1 Å². The monoisotopic (exact) mass is 339 g/mol. The summed E-state index contributed by atoms with van der Waals surface area (Å²) in [6.07, 6.45) is 0.604. The lowest BCUT2D eigenvalue weighted by atomic mass is 10.2. The predicted octanol–water partition coefficient (Wildman–Crippen LogP) is 3.32. The lowest BCUT2D eigenvalue weighted by Crippen LogP contribution is -2.25. The second-order valence-corrected chi connectivity index (χ2v) is 6.11. The fourth-order valence-electron chi connectivity index (χ4n) is 2.06. The van der Waals surface area contributed by atoms with Gasteiger partial charge in [0.1, 0.15) is 6.61 Å². The number of carbonyl (C=O) groups excluding carboxylic acids is 1. The molecule has 0 unspecified atom stereocenters. The molecule has 0 N–H and O–H groups in total. The van der Waals surface area contributed by atoms with Gasteiger partial charge in [-0.3, -0.25) is 0 Å². The third-order valence-corrected chi connectivity index (χ3v) is 4.39. The van der Waals surface area contributed by atoms with Gasteiger partial charge in [-0.05, 0) is 18.6 Å². The molecule has 0 bridgehead atoms. The van der Waals surface area contributed by atoms with Crippen molar-refractivity contribution >= 4 is 29.5 Å². The highest BCUT2D eigenvalue weighted by Gasteiger charge is 2.21. The van der Waals surface area contributed by atoms with Crippen molar-refractivity contribution in [3.63, 3.8) is 0 Å². The molecule has 3 rings (SSSR count). The summed E-state index contributed by atoms with van der Waals surface area (Å²) in [4.78, 5) is 13.0. The smallest absolute Gasteiger partial charge is 0.409 e. The molecule has 1 aromatic carbocycles. The lowest BCUT2D eigenvalue weighted by molar-refractivity contribution is 0.158. The van der Waals surface area contributed by atoms with Crippen LogP contribution in [0.25, 0.3) is 11.5 Å². The first-order valence-electron chi connectivity index (χ1n) is 6.87. The van der Waals surface area contributed by atoms with Crippen molar-refractivity contribution in [1.29, 1.82) is 0 Å². The molecule has 0 atom stereocenters. The van der Waals surface area contributed by atoms with E-state index in [9.17, 15) is 4.79 Å². The molecule has 22 heavy (non-hydrogen) atoms. The van der Waals surface area contributed by atoms with E-state index in [0.29, 0.717) is 35.8 Å². The summed E-state index contributed by atoms with van der Waals surface area (Å²) in [5.74, 6) is 1.20. The topological polar surface area (TPSA) is 68.5 Å². The van der Waals surface area contributed by atoms with E-state index in [0.717, 1.165) is 17.7 Å². The fourth-order valence-corrected chi connectivity index (χ4v) is 2.96. The minimum atomic E-state index is -0.233. The normalized spacial score (nSPS) is 14.4. The quantitative estimate of drug-likeness (QED) is 0.594. The van der Waals surface area contributed by atoms with Crippen molar-refractivity contribution in [3.8, 4) is 11.5 Å². The maximum Gasteiger partial charge on any atom is 0.409 e. The van der Waals surface area contributed by atoms with Gasteiger partial charge in [0, 0.05) is 12.3 Å². The van der Waals surface area contributed by atoms with Gasteiger partial charge in [-0.25, -0.2) is 4.79 Å². The minimum absolute atomic E-state index is 0.233. The van der Waals surface area contributed by atoms with Gasteiger partial charge in [-0.15, -0.1) is 10.2 Å². The van der Waals surface area contributed by atoms with Gasteiger partial charge < -0.3 is 14.1 Å². The number of hydrogen-bond donors (Lipinski definition) is 0. The van der Waals surface area contributed by atoms with Crippen LogP contribution in [0.15, 0.2) is 33.9 Å². The molecule has 116 valence electrons. The predicted molar refractivity (Wildman–Crippen MR) is 83.0 cm³/mol. The van der Waals surface area contributed by atoms with Crippen LogP contribution in [-0.4, -0.2) is 46.6 Å². The van der Waals surface area contributed by atoms with E-state index in [1.54, 1.807) is 11.0 Å². The summed E-state index contributed by atoms with van der Waals surface area (Å²) in [7, 11) is 0. The Morgan fingerprint density at radius 1 is 1.32 bits per heavy atom. The number of aromatic nitrogens is 2. The maximum atomic E-state index is 11.3. The molecule has 1 saturated heterocycles. The standard InChI is InChI=1S/C14H14ClN3O3S/c15-11-5-2-1-4-10(11)12-16-17-13(21-12)22-9-3-6-18-7-8-20-14(18)19/h1-2,4-5H,3,6-9H2. The number of rotatable bonds is 6. The minimum Gasteiger partial charge on any atom is -0.448 e. The molecule has 0 saturated carbocycles. The van der Waals surface area contributed by atoms with Gasteiger partial charge in [0.15, 0.2) is 0 Å². The molecule has 1 fully saturated rings. The van der Waals surface area contributed by atoms with Crippen LogP contribution in [0.2, 0.25) is 5.02 Å². The van der Waals surface area contributed by atoms with Crippen molar-refractivity contribution < 1.29 is 13.9 Å². The van der Waals surface area contributed by atoms with Crippen LogP contribution in [0.4, 0.5) is 4.79 Å². The Hall–Kier alpha value is -1.73. The Labute approximate surface area is 136 Å². The Bertz CT molecular complexity index is 664. The zero-order chi connectivity index (χ0) is 15.4. The third-order valence-electron chi connectivity index (χ3n) is 3.15. The Morgan fingerprint density at radius 2 is 2.18 bits per heavy atom. The summed E-state index contributed by atoms with van der Waals surface area (Å²) in [5.41, 5.74) is 0.725. The van der Waals surface area contributed by atoms with Gasteiger partial charge in [0.2, 0.25) is 5.89 Å². The molecule has 1 aromatic heterocycles. The first-order valence-corrected chi connectivity index (χ1v) is 8.23. The van der Waals surface area contributed by atoms with E-state index in [4.69, 9.17) is 20.8 Å². The first kappa shape index (κ1) is 15.2. The summed E-state index contributed by atoms with van der Waals surface area (Å²) < 4.78 is 10.5. The average Bonchev–Trinajstić information content (AvgIpc) is 3.14. The van der Waals surface area contributed by atoms with E-state index in [2.05, 4.69) is 10.2 Å². The van der Waals surface area contributed by atoms with Crippen LogP contribution in [0.3, 0.4) is 0 Å². The first-order chi connectivity index (χ1) is 10.7. The van der Waals surface area contributed by atoms with Crippen molar-refractivity contribution in [2.75, 3.05) is 25.4 Å². The van der Waals surface area contributed by atoms with Crippen LogP contribution in [-0.2, 0) is 4.74 Å². The summed E-state index contributed by atoms with van der Waals surface area (Å²) >= 11 is 7.56. The number of hydrogen-bond acceptors (Lipinski definition) is 6. The lowest BCUT2D eigenvalue weighted by Gasteiger charge is -2.10. The highest BCUT2D eigenvalue weighted by Crippen LogP contribution is 2.28. The molecular formula is C14H14ClN3O3S. The average molecular weight is 340 g/mol. The van der Waals surface area contributed by atoms with Crippen LogP contribution in [0.5, 0.6) is 0 Å². The van der Waals surface area contributed by atoms with E-state index in [1.165, 1.54) is 11.8 Å². The SMILES string of the molecule is O=C1OCCN1CCCSc1nnc(-c2ccccc2Cl)o1. The number of nitrogens with zero attached hydrogens (tertiary/aromatic N) is 3. The summed E-state index contributed by atoms with van der Waals surface area (Å²) in [6.45, 7) is 1.83. The van der Waals surface area contributed by atoms with Crippen molar-refractivity contribution in [3.05, 3.63) is 29.3 Å². The number of thioether (sulfide) groups is 1. The maximum absolute atomic E-state index is 11.3. The molecule has 2 heterocycles. The van der Waals surface area contributed by atoms with E-state index >= 15 is 0 Å². The Morgan fingerprint density at radius 3 is 2.95 bits per heavy atom. The largest absolute Gasteiger partial charge is 0.448 e. The van der Waals surface area contributed by atoms with Gasteiger partial charge in [0.25, 0.3) is 5.22 Å². The van der Waals surface area contributed by atoms with Crippen molar-refractivity contribution in [2.45, 2.75) is 11.6 Å². The van der Waals surface area contributed by atoms with E-state index < -0.39 is 0 Å². The third kappa shape index (κ3) is 3.53. The second-order valence-electron chi connectivity index (χ2n) is 4.66. The molecule has 1 aliphatic rings. The van der Waals surface area contributed by atoms with Crippen LogP contribution >= 0.6 is 23.4 Å². The van der Waals surface area contributed by atoms with Crippen LogP contribution < -0.4 is 0 Å². The summed E-state index contributed by atoms with van der Waals surface area (Å²) in [5, 5.41) is 9.09. The zero-order valence-electron chi connectivity index (χ0n) is 11.7. The van der Waals surface area contributed by atoms with Crippen molar-refractivity contribution in [1.82, 2.24) is 15.1 Å². The molecule has 0 spiro atoms. The van der Waals surface area contributed by atoms with E-state index in [-0.39, 0.29) is 6.09 Å². The van der Waals surface area contributed by atoms with Gasteiger partial charge >= 0.3 is 6.09 Å². The molecule has 2 aromatic rings. The second kappa shape index (κ2) is 7.02. The summed E-state index contributed by atoms with van der Waals surface area (Å²) in [6, 6.07) is 7.33. The number of cyclic esters (lactones) is 1. The molecule has 0 radical (unpaired) electrons. The van der Waals surface area contributed by atoms with E-state index in [1.807, 2.05) is 18.2 Å².